The minimum atomic E-state index is 0.654. The Morgan fingerprint density at radius 3 is 2.90 bits per heavy atom. The summed E-state index contributed by atoms with van der Waals surface area (Å²) < 4.78 is 5.02. The van der Waals surface area contributed by atoms with E-state index >= 15 is 0 Å². The fraction of sp³-hybridized carbons (Fsp3) is 1.00. The van der Waals surface area contributed by atoms with Gasteiger partial charge in [0.25, 0.3) is 0 Å². The van der Waals surface area contributed by atoms with Gasteiger partial charge in [-0.15, -0.1) is 0 Å². The summed E-state index contributed by atoms with van der Waals surface area (Å²) in [6.45, 7) is 2.98. The van der Waals surface area contributed by atoms with Crippen LogP contribution in [0.4, 0.5) is 0 Å². The van der Waals surface area contributed by atoms with Gasteiger partial charge < -0.3 is 10.1 Å². The third-order valence-electron chi connectivity index (χ3n) is 1.60. The molecule has 0 aliphatic carbocycles. The summed E-state index contributed by atoms with van der Waals surface area (Å²) in [6.07, 6.45) is 3.42. The van der Waals surface area contributed by atoms with Crippen molar-refractivity contribution >= 4 is 11.8 Å². The molecular formula is C7H15NOS. The van der Waals surface area contributed by atoms with Crippen LogP contribution in [0.1, 0.15) is 6.42 Å². The molecule has 1 N–H and O–H groups in total. The maximum atomic E-state index is 5.02. The molecule has 0 aromatic carbocycles. The molecule has 3 heteroatoms. The molecule has 2 nitrogen and oxygen atoms in total. The van der Waals surface area contributed by atoms with Crippen LogP contribution >= 0.6 is 11.8 Å². The molecule has 0 unspecified atom stereocenters. The molecule has 10 heavy (non-hydrogen) atoms. The van der Waals surface area contributed by atoms with Crippen molar-refractivity contribution in [1.82, 2.24) is 5.32 Å². The quantitative estimate of drug-likeness (QED) is 0.601. The average Bonchev–Trinajstić information content (AvgIpc) is 1.84. The maximum Gasteiger partial charge on any atom is 0.0643 e. The van der Waals surface area contributed by atoms with Crippen LogP contribution in [0.2, 0.25) is 0 Å². The van der Waals surface area contributed by atoms with Gasteiger partial charge in [-0.1, -0.05) is 0 Å². The molecule has 1 heterocycles. The first-order chi connectivity index (χ1) is 4.93. The first kappa shape index (κ1) is 8.37. The van der Waals surface area contributed by atoms with Crippen molar-refractivity contribution in [2.24, 2.45) is 0 Å². The van der Waals surface area contributed by atoms with E-state index in [9.17, 15) is 0 Å². The zero-order valence-electron chi connectivity index (χ0n) is 6.43. The molecule has 0 aromatic rings. The SMILES string of the molecule is CSCCCNC1COC1. The number of rotatable bonds is 5. The Labute approximate surface area is 66.7 Å². The predicted octanol–water partition coefficient (Wildman–Crippen LogP) is 0.728. The smallest absolute Gasteiger partial charge is 0.0643 e. The number of hydrogen-bond acceptors (Lipinski definition) is 3. The van der Waals surface area contributed by atoms with Gasteiger partial charge >= 0.3 is 0 Å². The van der Waals surface area contributed by atoms with Crippen LogP contribution in [0.25, 0.3) is 0 Å². The number of ether oxygens (including phenoxy) is 1. The third-order valence-corrected chi connectivity index (χ3v) is 2.29. The molecule has 1 fully saturated rings. The Morgan fingerprint density at radius 2 is 2.40 bits per heavy atom. The topological polar surface area (TPSA) is 21.3 Å². The van der Waals surface area contributed by atoms with E-state index in [0.29, 0.717) is 6.04 Å². The first-order valence-corrected chi connectivity index (χ1v) is 5.13. The summed E-state index contributed by atoms with van der Waals surface area (Å²) in [5.74, 6) is 1.26. The average molecular weight is 161 g/mol. The van der Waals surface area contributed by atoms with E-state index in [-0.39, 0.29) is 0 Å². The normalized spacial score (nSPS) is 18.9. The first-order valence-electron chi connectivity index (χ1n) is 3.73. The molecule has 0 saturated carbocycles. The summed E-state index contributed by atoms with van der Waals surface area (Å²) >= 11 is 1.91. The van der Waals surface area contributed by atoms with Gasteiger partial charge in [0.2, 0.25) is 0 Å². The van der Waals surface area contributed by atoms with E-state index in [1.165, 1.54) is 12.2 Å². The van der Waals surface area contributed by atoms with Gasteiger partial charge in [0.1, 0.15) is 0 Å². The highest BCUT2D eigenvalue weighted by Gasteiger charge is 2.16. The third kappa shape index (κ3) is 2.90. The van der Waals surface area contributed by atoms with Crippen molar-refractivity contribution in [1.29, 1.82) is 0 Å². The lowest BCUT2D eigenvalue weighted by atomic mass is 10.2. The second-order valence-corrected chi connectivity index (χ2v) is 3.52. The second-order valence-electron chi connectivity index (χ2n) is 2.53. The highest BCUT2D eigenvalue weighted by Crippen LogP contribution is 2.00. The van der Waals surface area contributed by atoms with Crippen molar-refractivity contribution in [2.75, 3.05) is 31.8 Å². The largest absolute Gasteiger partial charge is 0.378 e. The second kappa shape index (κ2) is 4.99. The maximum absolute atomic E-state index is 5.02. The van der Waals surface area contributed by atoms with Crippen molar-refractivity contribution in [2.45, 2.75) is 12.5 Å². The van der Waals surface area contributed by atoms with Crippen molar-refractivity contribution in [3.63, 3.8) is 0 Å². The zero-order valence-corrected chi connectivity index (χ0v) is 7.25. The van der Waals surface area contributed by atoms with Crippen LogP contribution < -0.4 is 5.32 Å². The van der Waals surface area contributed by atoms with E-state index in [1.807, 2.05) is 11.8 Å². The van der Waals surface area contributed by atoms with Gasteiger partial charge in [0.05, 0.1) is 19.3 Å². The van der Waals surface area contributed by atoms with Gasteiger partial charge in [-0.05, 0) is 25.0 Å². The highest BCUT2D eigenvalue weighted by molar-refractivity contribution is 7.98. The molecule has 1 aliphatic heterocycles. The number of thioether (sulfide) groups is 1. The van der Waals surface area contributed by atoms with E-state index in [2.05, 4.69) is 11.6 Å². The standard InChI is InChI=1S/C7H15NOS/c1-10-4-2-3-8-7-5-9-6-7/h7-8H,2-6H2,1H3. The molecule has 0 amide bonds. The predicted molar refractivity (Wildman–Crippen MR) is 45.6 cm³/mol. The molecule has 0 aromatic heterocycles. The monoisotopic (exact) mass is 161 g/mol. The Kier molecular flexibility index (Phi) is 4.18. The minimum absolute atomic E-state index is 0.654. The lowest BCUT2D eigenvalue weighted by molar-refractivity contribution is -0.00474. The van der Waals surface area contributed by atoms with Crippen molar-refractivity contribution in [3.05, 3.63) is 0 Å². The lowest BCUT2D eigenvalue weighted by Gasteiger charge is -2.26. The van der Waals surface area contributed by atoms with Crippen LogP contribution in [0.15, 0.2) is 0 Å². The van der Waals surface area contributed by atoms with Gasteiger partial charge in [-0.3, -0.25) is 0 Å². The summed E-state index contributed by atoms with van der Waals surface area (Å²) in [5.41, 5.74) is 0. The Hall–Kier alpha value is 0.270. The van der Waals surface area contributed by atoms with E-state index in [0.717, 1.165) is 19.8 Å². The van der Waals surface area contributed by atoms with E-state index < -0.39 is 0 Å². The minimum Gasteiger partial charge on any atom is -0.378 e. The fourth-order valence-electron chi connectivity index (χ4n) is 0.876. The highest BCUT2D eigenvalue weighted by atomic mass is 32.2. The molecular weight excluding hydrogens is 146 g/mol. The fourth-order valence-corrected chi connectivity index (χ4v) is 1.31. The molecule has 0 atom stereocenters. The Morgan fingerprint density at radius 1 is 1.60 bits per heavy atom. The molecule has 0 spiro atoms. The Bertz CT molecular complexity index is 85.7. The summed E-state index contributed by atoms with van der Waals surface area (Å²) in [4.78, 5) is 0. The zero-order chi connectivity index (χ0) is 7.23. The van der Waals surface area contributed by atoms with Gasteiger partial charge in [-0.2, -0.15) is 11.8 Å². The van der Waals surface area contributed by atoms with Crippen molar-refractivity contribution < 1.29 is 4.74 Å². The molecule has 0 radical (unpaired) electrons. The van der Waals surface area contributed by atoms with Gasteiger partial charge in [0.15, 0.2) is 0 Å². The summed E-state index contributed by atoms with van der Waals surface area (Å²) in [6, 6.07) is 0.654. The summed E-state index contributed by atoms with van der Waals surface area (Å²) in [5, 5.41) is 3.42. The van der Waals surface area contributed by atoms with Crippen LogP contribution in [0.3, 0.4) is 0 Å². The van der Waals surface area contributed by atoms with Gasteiger partial charge in [0, 0.05) is 0 Å². The van der Waals surface area contributed by atoms with E-state index in [1.54, 1.807) is 0 Å². The molecule has 1 rings (SSSR count). The Balaban J connectivity index is 1.76. The van der Waals surface area contributed by atoms with Crippen LogP contribution in [-0.2, 0) is 4.74 Å². The van der Waals surface area contributed by atoms with Crippen LogP contribution in [-0.4, -0.2) is 37.8 Å². The van der Waals surface area contributed by atoms with E-state index in [4.69, 9.17) is 4.74 Å². The summed E-state index contributed by atoms with van der Waals surface area (Å²) in [7, 11) is 0. The molecule has 1 aliphatic rings. The molecule has 0 bridgehead atoms. The van der Waals surface area contributed by atoms with Gasteiger partial charge in [-0.25, -0.2) is 0 Å². The van der Waals surface area contributed by atoms with Crippen LogP contribution in [0.5, 0.6) is 0 Å². The number of nitrogens with one attached hydrogen (secondary N) is 1. The molecule has 1 saturated heterocycles. The lowest BCUT2D eigenvalue weighted by Crippen LogP contribution is -2.46. The van der Waals surface area contributed by atoms with Crippen LogP contribution in [0, 0.1) is 0 Å². The molecule has 60 valence electrons. The number of hydrogen-bond donors (Lipinski definition) is 1. The van der Waals surface area contributed by atoms with Crippen molar-refractivity contribution in [3.8, 4) is 0 Å².